The van der Waals surface area contributed by atoms with Crippen LogP contribution in [0.5, 0.6) is 0 Å². The van der Waals surface area contributed by atoms with Crippen molar-refractivity contribution in [3.05, 3.63) is 0 Å². The fourth-order valence-electron chi connectivity index (χ4n) is 7.77. The number of rotatable bonds is 1. The maximum absolute atomic E-state index is 13.5. The second-order valence-corrected chi connectivity index (χ2v) is 10.5. The molecule has 0 unspecified atom stereocenters. The van der Waals surface area contributed by atoms with Crippen LogP contribution in [-0.2, 0) is 14.4 Å². The van der Waals surface area contributed by atoms with E-state index in [0.29, 0.717) is 31.5 Å². The van der Waals surface area contributed by atoms with Crippen molar-refractivity contribution in [2.24, 2.45) is 34.0 Å². The molecule has 0 aromatic heterocycles. The number of ketones is 3. The summed E-state index contributed by atoms with van der Waals surface area (Å²) in [7, 11) is 0. The molecule has 144 valence electrons. The highest BCUT2D eigenvalue weighted by Crippen LogP contribution is 2.70. The third-order valence-electron chi connectivity index (χ3n) is 9.60. The van der Waals surface area contributed by atoms with Gasteiger partial charge in [-0.05, 0) is 61.7 Å². The first-order valence-corrected chi connectivity index (χ1v) is 10.3. The summed E-state index contributed by atoms with van der Waals surface area (Å²) in [6.07, 6.45) is 5.49. The number of fused-ring (bicyclic) bond motifs is 5. The highest BCUT2D eigenvalue weighted by atomic mass is 16.3. The van der Waals surface area contributed by atoms with Crippen molar-refractivity contribution in [2.75, 3.05) is 0 Å². The summed E-state index contributed by atoms with van der Waals surface area (Å²) >= 11 is 0. The Morgan fingerprint density at radius 2 is 1.69 bits per heavy atom. The van der Waals surface area contributed by atoms with Gasteiger partial charge in [-0.25, -0.2) is 0 Å². The van der Waals surface area contributed by atoms with Crippen LogP contribution in [0, 0.1) is 34.0 Å². The first-order chi connectivity index (χ1) is 12.0. The van der Waals surface area contributed by atoms with E-state index in [2.05, 4.69) is 13.8 Å². The van der Waals surface area contributed by atoms with Gasteiger partial charge in [-0.15, -0.1) is 0 Å². The fraction of sp³-hybridized carbons (Fsp3) is 0.864. The lowest BCUT2D eigenvalue weighted by Gasteiger charge is -2.63. The van der Waals surface area contributed by atoms with Crippen molar-refractivity contribution in [3.8, 4) is 0 Å². The Bertz CT molecular complexity index is 698. The lowest BCUT2D eigenvalue weighted by atomic mass is 9.40. The van der Waals surface area contributed by atoms with E-state index in [1.807, 2.05) is 6.92 Å². The third kappa shape index (κ3) is 1.97. The number of carbonyl (C=O) groups is 3. The molecule has 4 aliphatic rings. The van der Waals surface area contributed by atoms with Gasteiger partial charge in [-0.3, -0.25) is 14.4 Å². The van der Waals surface area contributed by atoms with Crippen molar-refractivity contribution in [3.63, 3.8) is 0 Å². The van der Waals surface area contributed by atoms with Gasteiger partial charge >= 0.3 is 0 Å². The van der Waals surface area contributed by atoms with E-state index < -0.39 is 11.0 Å². The van der Waals surface area contributed by atoms with Crippen LogP contribution >= 0.6 is 0 Å². The lowest BCUT2D eigenvalue weighted by Crippen LogP contribution is -2.63. The number of aliphatic hydroxyl groups is 1. The minimum Gasteiger partial charge on any atom is -0.381 e. The molecular formula is C22H32O4. The van der Waals surface area contributed by atoms with E-state index in [1.54, 1.807) is 0 Å². The summed E-state index contributed by atoms with van der Waals surface area (Å²) in [6.45, 7) is 7.89. The highest BCUT2D eigenvalue weighted by Gasteiger charge is 2.70. The Hall–Kier alpha value is -1.03. The third-order valence-corrected chi connectivity index (χ3v) is 9.60. The lowest BCUT2D eigenvalue weighted by molar-refractivity contribution is -0.187. The molecular weight excluding hydrogens is 328 g/mol. The molecule has 0 aromatic carbocycles. The topological polar surface area (TPSA) is 71.4 Å². The van der Waals surface area contributed by atoms with Crippen LogP contribution in [0.15, 0.2) is 0 Å². The van der Waals surface area contributed by atoms with Gasteiger partial charge in [0.1, 0.15) is 17.2 Å². The summed E-state index contributed by atoms with van der Waals surface area (Å²) in [6, 6.07) is 0. The van der Waals surface area contributed by atoms with E-state index in [9.17, 15) is 19.5 Å². The van der Waals surface area contributed by atoms with Gasteiger partial charge in [0.25, 0.3) is 0 Å². The second-order valence-electron chi connectivity index (χ2n) is 10.5. The molecule has 0 spiro atoms. The van der Waals surface area contributed by atoms with E-state index in [4.69, 9.17) is 0 Å². The van der Waals surface area contributed by atoms with E-state index in [0.717, 1.165) is 25.7 Å². The molecule has 0 saturated heterocycles. The van der Waals surface area contributed by atoms with Gasteiger partial charge < -0.3 is 5.11 Å². The Morgan fingerprint density at radius 1 is 1.00 bits per heavy atom. The standard InChI is InChI=1S/C22H32O4/c1-13(23)22(26)10-7-16-15-6-8-19(2)11-14(24)5-9-20(19,3)18(15)17(25)12-21(16,22)4/h15-16,18,26H,5-12H2,1-4H3/t15-,16+,18-,19-,20+,21-,22-/m0/s1. The number of hydrogen-bond acceptors (Lipinski definition) is 4. The van der Waals surface area contributed by atoms with Crippen LogP contribution < -0.4 is 0 Å². The fourth-order valence-corrected chi connectivity index (χ4v) is 7.77. The van der Waals surface area contributed by atoms with Crippen LogP contribution in [0.1, 0.15) is 79.1 Å². The molecule has 0 aromatic rings. The van der Waals surface area contributed by atoms with Crippen molar-refractivity contribution in [1.29, 1.82) is 0 Å². The number of Topliss-reactive ketones (excluding diaryl/α,β-unsaturated/α-hetero) is 3. The van der Waals surface area contributed by atoms with E-state index in [-0.39, 0.29) is 40.2 Å². The molecule has 7 atom stereocenters. The zero-order valence-electron chi connectivity index (χ0n) is 16.6. The maximum atomic E-state index is 13.5. The predicted molar refractivity (Wildman–Crippen MR) is 97.4 cm³/mol. The molecule has 4 fully saturated rings. The SMILES string of the molecule is CC(=O)[C@@]1(O)CC[C@@H]2[C@@H]3CC[C@@]4(C)CC(=O)CC[C@]4(C)[C@@H]3C(=O)C[C@@]21C. The van der Waals surface area contributed by atoms with Crippen molar-refractivity contribution < 1.29 is 19.5 Å². The molecule has 4 aliphatic carbocycles. The summed E-state index contributed by atoms with van der Waals surface area (Å²) in [5, 5.41) is 11.2. The van der Waals surface area contributed by atoms with E-state index >= 15 is 0 Å². The number of hydrogen-bond donors (Lipinski definition) is 1. The molecule has 0 aliphatic heterocycles. The van der Waals surface area contributed by atoms with Gasteiger partial charge in [0.15, 0.2) is 5.78 Å². The predicted octanol–water partition coefficient (Wildman–Crippen LogP) is 3.49. The average Bonchev–Trinajstić information content (AvgIpc) is 2.81. The summed E-state index contributed by atoms with van der Waals surface area (Å²) < 4.78 is 0. The van der Waals surface area contributed by atoms with Crippen LogP contribution in [0.25, 0.3) is 0 Å². The van der Waals surface area contributed by atoms with Crippen LogP contribution in [0.3, 0.4) is 0 Å². The highest BCUT2D eigenvalue weighted by molar-refractivity contribution is 5.91. The van der Waals surface area contributed by atoms with Gasteiger partial charge in [0, 0.05) is 30.6 Å². The molecule has 4 saturated carbocycles. The second kappa shape index (κ2) is 5.27. The van der Waals surface area contributed by atoms with Gasteiger partial charge in [0.05, 0.1) is 0 Å². The first-order valence-electron chi connectivity index (χ1n) is 10.3. The smallest absolute Gasteiger partial charge is 0.161 e. The molecule has 0 heterocycles. The summed E-state index contributed by atoms with van der Waals surface area (Å²) in [4.78, 5) is 37.9. The molecule has 0 bridgehead atoms. The molecule has 4 heteroatoms. The Morgan fingerprint density at radius 3 is 2.35 bits per heavy atom. The minimum atomic E-state index is -1.36. The molecule has 0 radical (unpaired) electrons. The minimum absolute atomic E-state index is 0.0262. The normalized spacial score (nSPS) is 53.7. The molecule has 0 amide bonds. The van der Waals surface area contributed by atoms with Crippen molar-refractivity contribution >= 4 is 17.3 Å². The van der Waals surface area contributed by atoms with Crippen LogP contribution in [-0.4, -0.2) is 28.1 Å². The van der Waals surface area contributed by atoms with E-state index in [1.165, 1.54) is 6.92 Å². The zero-order valence-corrected chi connectivity index (χ0v) is 16.6. The first kappa shape index (κ1) is 18.3. The molecule has 4 nitrogen and oxygen atoms in total. The Labute approximate surface area is 156 Å². The number of carbonyl (C=O) groups excluding carboxylic acids is 3. The Balaban J connectivity index is 1.76. The van der Waals surface area contributed by atoms with Crippen molar-refractivity contribution in [2.45, 2.75) is 84.7 Å². The average molecular weight is 360 g/mol. The zero-order chi connectivity index (χ0) is 19.1. The Kier molecular flexibility index (Phi) is 3.72. The quantitative estimate of drug-likeness (QED) is 0.777. The summed E-state index contributed by atoms with van der Waals surface area (Å²) in [5.74, 6) is 0.797. The summed E-state index contributed by atoms with van der Waals surface area (Å²) in [5.41, 5.74) is -2.23. The largest absolute Gasteiger partial charge is 0.381 e. The van der Waals surface area contributed by atoms with Crippen LogP contribution in [0.4, 0.5) is 0 Å². The maximum Gasteiger partial charge on any atom is 0.161 e. The molecule has 4 rings (SSSR count). The van der Waals surface area contributed by atoms with Crippen LogP contribution in [0.2, 0.25) is 0 Å². The monoisotopic (exact) mass is 360 g/mol. The van der Waals surface area contributed by atoms with Gasteiger partial charge in [-0.2, -0.15) is 0 Å². The van der Waals surface area contributed by atoms with Gasteiger partial charge in [-0.1, -0.05) is 20.8 Å². The van der Waals surface area contributed by atoms with Gasteiger partial charge in [0.2, 0.25) is 0 Å². The van der Waals surface area contributed by atoms with Crippen molar-refractivity contribution in [1.82, 2.24) is 0 Å². The molecule has 1 N–H and O–H groups in total. The molecule has 26 heavy (non-hydrogen) atoms.